The van der Waals surface area contributed by atoms with E-state index in [1.807, 2.05) is 0 Å². The van der Waals surface area contributed by atoms with Crippen molar-refractivity contribution in [3.05, 3.63) is 5.21 Å². The Morgan fingerprint density at radius 2 is 1.75 bits per heavy atom. The van der Waals surface area contributed by atoms with E-state index in [1.165, 1.54) is 7.11 Å². The van der Waals surface area contributed by atoms with E-state index in [9.17, 15) is 5.21 Å². The lowest BCUT2D eigenvalue weighted by atomic mass is 10.1. The lowest BCUT2D eigenvalue weighted by molar-refractivity contribution is -0.146. The molecule has 0 N–H and O–H groups in total. The molecule has 3 nitrogen and oxygen atoms in total. The van der Waals surface area contributed by atoms with Crippen molar-refractivity contribution in [2.24, 2.45) is 0 Å². The van der Waals surface area contributed by atoms with Crippen molar-refractivity contribution < 1.29 is 4.84 Å². The highest BCUT2D eigenvalue weighted by molar-refractivity contribution is 4.68. The fourth-order valence-corrected chi connectivity index (χ4v) is 0.274. The molecule has 0 radical (unpaired) electrons. The third kappa shape index (κ3) is 2.26. The van der Waals surface area contributed by atoms with Crippen molar-refractivity contribution >= 4 is 0 Å². The lowest BCUT2D eigenvalue weighted by Gasteiger charge is -2.38. The molecule has 0 atom stereocenters. The topological polar surface area (TPSA) is 35.5 Å². The van der Waals surface area contributed by atoms with Gasteiger partial charge in [-0.3, -0.25) is 5.23 Å². The van der Waals surface area contributed by atoms with Crippen LogP contribution in [0.4, 0.5) is 0 Å². The molecule has 0 aliphatic heterocycles. The van der Waals surface area contributed by atoms with E-state index in [-0.39, 0.29) is 0 Å². The molecular weight excluding hydrogens is 106 g/mol. The molecule has 0 aromatic rings. The molecule has 50 valence electrons. The normalized spacial score (nSPS) is 12.8. The van der Waals surface area contributed by atoms with Gasteiger partial charge in [0.2, 0.25) is 0 Å². The van der Waals surface area contributed by atoms with Crippen LogP contribution in [0.3, 0.4) is 0 Å². The molecule has 0 aromatic carbocycles. The van der Waals surface area contributed by atoms with Gasteiger partial charge in [0.15, 0.2) is 0 Å². The summed E-state index contributed by atoms with van der Waals surface area (Å²) >= 11 is 0. The van der Waals surface area contributed by atoms with Gasteiger partial charge in [0.1, 0.15) is 0 Å². The summed E-state index contributed by atoms with van der Waals surface area (Å²) in [6.07, 6.45) is 0. The van der Waals surface area contributed by atoms with Crippen LogP contribution >= 0.6 is 0 Å². The van der Waals surface area contributed by atoms with E-state index in [0.717, 1.165) is 0 Å². The monoisotopic (exact) mass is 118 g/mol. The average molecular weight is 118 g/mol. The second kappa shape index (κ2) is 2.44. The summed E-state index contributed by atoms with van der Waals surface area (Å²) in [4.78, 5) is 4.39. The SMILES string of the molecule is CON([O-])C(C)(C)C. The van der Waals surface area contributed by atoms with Crippen molar-refractivity contribution in [3.8, 4) is 0 Å². The molecule has 3 heteroatoms. The van der Waals surface area contributed by atoms with Gasteiger partial charge < -0.3 is 10.0 Å². The molecule has 0 amide bonds. The van der Waals surface area contributed by atoms with Gasteiger partial charge in [-0.25, -0.2) is 0 Å². The Morgan fingerprint density at radius 1 is 1.38 bits per heavy atom. The van der Waals surface area contributed by atoms with Crippen LogP contribution in [0.2, 0.25) is 0 Å². The quantitative estimate of drug-likeness (QED) is 0.484. The maximum Gasteiger partial charge on any atom is 0.0563 e. The van der Waals surface area contributed by atoms with E-state index in [4.69, 9.17) is 0 Å². The highest BCUT2D eigenvalue weighted by Crippen LogP contribution is 2.09. The molecule has 0 aliphatic rings. The van der Waals surface area contributed by atoms with Gasteiger partial charge >= 0.3 is 0 Å². The third-order valence-electron chi connectivity index (χ3n) is 0.714. The summed E-state index contributed by atoms with van der Waals surface area (Å²) < 4.78 is 0. The first kappa shape index (κ1) is 7.88. The van der Waals surface area contributed by atoms with Gasteiger partial charge in [-0.05, 0) is 20.8 Å². The van der Waals surface area contributed by atoms with E-state index in [1.54, 1.807) is 20.8 Å². The Labute approximate surface area is 49.8 Å². The van der Waals surface area contributed by atoms with Crippen LogP contribution in [0.1, 0.15) is 20.8 Å². The Hall–Kier alpha value is -0.120. The summed E-state index contributed by atoms with van der Waals surface area (Å²) in [7, 11) is 1.36. The van der Waals surface area contributed by atoms with Crippen molar-refractivity contribution in [1.82, 2.24) is 5.23 Å². The van der Waals surface area contributed by atoms with Crippen LogP contribution in [0, 0.1) is 5.21 Å². The van der Waals surface area contributed by atoms with Gasteiger partial charge in [-0.15, -0.1) is 0 Å². The van der Waals surface area contributed by atoms with Crippen molar-refractivity contribution in [2.75, 3.05) is 7.11 Å². The van der Waals surface area contributed by atoms with Crippen molar-refractivity contribution in [1.29, 1.82) is 0 Å². The molecule has 0 aliphatic carbocycles. The molecular formula is C5H12NO2-. The Kier molecular flexibility index (Phi) is 2.40. The number of rotatable bonds is 1. The maximum atomic E-state index is 10.5. The summed E-state index contributed by atoms with van der Waals surface area (Å²) in [5.41, 5.74) is -0.436. The van der Waals surface area contributed by atoms with Crippen LogP contribution in [0.25, 0.3) is 0 Å². The summed E-state index contributed by atoms with van der Waals surface area (Å²) in [5, 5.41) is 11.1. The van der Waals surface area contributed by atoms with E-state index >= 15 is 0 Å². The van der Waals surface area contributed by atoms with Gasteiger partial charge in [0.25, 0.3) is 0 Å². The molecule has 0 spiro atoms. The Bertz CT molecular complexity index is 67.3. The highest BCUT2D eigenvalue weighted by Gasteiger charge is 2.10. The molecule has 0 aromatic heterocycles. The van der Waals surface area contributed by atoms with Crippen LogP contribution in [0.5, 0.6) is 0 Å². The first-order valence-corrected chi connectivity index (χ1v) is 2.50. The number of hydrogen-bond donors (Lipinski definition) is 0. The maximum absolute atomic E-state index is 10.5. The second-order valence-electron chi connectivity index (χ2n) is 2.61. The predicted molar refractivity (Wildman–Crippen MR) is 32.0 cm³/mol. The van der Waals surface area contributed by atoms with E-state index in [2.05, 4.69) is 4.84 Å². The molecule has 0 saturated carbocycles. The van der Waals surface area contributed by atoms with Crippen molar-refractivity contribution in [2.45, 2.75) is 26.3 Å². The predicted octanol–water partition coefficient (Wildman–Crippen LogP) is 1.15. The van der Waals surface area contributed by atoms with Crippen LogP contribution in [-0.4, -0.2) is 17.9 Å². The average Bonchev–Trinajstić information content (AvgIpc) is 1.62. The zero-order valence-electron chi connectivity index (χ0n) is 5.76. The zero-order chi connectivity index (χ0) is 6.78. The lowest BCUT2D eigenvalue weighted by Crippen LogP contribution is -2.35. The van der Waals surface area contributed by atoms with Crippen LogP contribution in [0.15, 0.2) is 0 Å². The zero-order valence-corrected chi connectivity index (χ0v) is 5.76. The molecule has 0 unspecified atom stereocenters. The molecule has 0 heterocycles. The van der Waals surface area contributed by atoms with E-state index in [0.29, 0.717) is 5.23 Å². The molecule has 0 fully saturated rings. The number of hydroxylamine groups is 2. The van der Waals surface area contributed by atoms with Gasteiger partial charge in [0.05, 0.1) is 7.11 Å². The highest BCUT2D eigenvalue weighted by atomic mass is 16.9. The number of nitrogens with zero attached hydrogens (tertiary/aromatic N) is 1. The minimum atomic E-state index is -0.436. The molecule has 0 saturated heterocycles. The number of hydrogen-bond acceptors (Lipinski definition) is 3. The second-order valence-corrected chi connectivity index (χ2v) is 2.61. The standard InChI is InChI=1S/C5H12NO2/c1-5(2,3)6(7)8-4/h1-4H3/q-1. The van der Waals surface area contributed by atoms with Gasteiger partial charge in [-0.2, -0.15) is 0 Å². The Morgan fingerprint density at radius 3 is 1.75 bits per heavy atom. The summed E-state index contributed by atoms with van der Waals surface area (Å²) in [6.45, 7) is 5.34. The smallest absolute Gasteiger partial charge is 0.0563 e. The molecule has 0 bridgehead atoms. The van der Waals surface area contributed by atoms with Crippen molar-refractivity contribution in [3.63, 3.8) is 0 Å². The summed E-state index contributed by atoms with van der Waals surface area (Å²) in [6, 6.07) is 0. The fraction of sp³-hybridized carbons (Fsp3) is 1.00. The fourth-order valence-electron chi connectivity index (χ4n) is 0.274. The minimum Gasteiger partial charge on any atom is -0.762 e. The van der Waals surface area contributed by atoms with Crippen LogP contribution < -0.4 is 0 Å². The Balaban J connectivity index is 3.62. The van der Waals surface area contributed by atoms with Gasteiger partial charge in [-0.1, -0.05) is 0 Å². The van der Waals surface area contributed by atoms with Crippen LogP contribution in [-0.2, 0) is 4.84 Å². The first-order chi connectivity index (χ1) is 3.48. The summed E-state index contributed by atoms with van der Waals surface area (Å²) in [5.74, 6) is 0. The minimum absolute atomic E-state index is 0.436. The third-order valence-corrected chi connectivity index (χ3v) is 0.714. The largest absolute Gasteiger partial charge is 0.762 e. The van der Waals surface area contributed by atoms with E-state index < -0.39 is 5.54 Å². The first-order valence-electron chi connectivity index (χ1n) is 2.50. The molecule has 8 heavy (non-hydrogen) atoms. The van der Waals surface area contributed by atoms with Gasteiger partial charge in [0, 0.05) is 5.54 Å². The molecule has 0 rings (SSSR count).